The lowest BCUT2D eigenvalue weighted by atomic mass is 10.0. The van der Waals surface area contributed by atoms with Crippen LogP contribution in [0.5, 0.6) is 11.5 Å². The van der Waals surface area contributed by atoms with Gasteiger partial charge in [-0.3, -0.25) is 20.2 Å². The Morgan fingerprint density at radius 3 is 1.61 bits per heavy atom. The molecule has 0 heterocycles. The molecule has 0 amide bonds. The van der Waals surface area contributed by atoms with Crippen LogP contribution in [0.2, 0.25) is 0 Å². The molecule has 0 bridgehead atoms. The number of aromatic hydroxyl groups is 1. The number of nitro groups is 2. The Balaban J connectivity index is 0.000000226. The van der Waals surface area contributed by atoms with Crippen LogP contribution in [-0.4, -0.2) is 44.2 Å². The summed E-state index contributed by atoms with van der Waals surface area (Å²) < 4.78 is 31.9. The van der Waals surface area contributed by atoms with E-state index in [0.29, 0.717) is 11.6 Å². The molecule has 0 aliphatic heterocycles. The number of benzene rings is 4. The predicted molar refractivity (Wildman–Crippen MR) is 139 cm³/mol. The molecule has 210 valence electrons. The molecule has 0 saturated carbocycles. The summed E-state index contributed by atoms with van der Waals surface area (Å²) in [5.74, 6) is -4.88. The van der Waals surface area contributed by atoms with Crippen molar-refractivity contribution in [3.05, 3.63) is 116 Å². The van der Waals surface area contributed by atoms with Crippen LogP contribution in [0.3, 0.4) is 0 Å². The van der Waals surface area contributed by atoms with E-state index in [1.54, 1.807) is 0 Å². The molecule has 12 nitrogen and oxygen atoms in total. The topological polar surface area (TPSA) is 190 Å². The third-order valence-electron chi connectivity index (χ3n) is 5.53. The molecule has 0 unspecified atom stereocenters. The van der Waals surface area contributed by atoms with Gasteiger partial charge >= 0.3 is 23.3 Å². The van der Waals surface area contributed by atoms with Crippen LogP contribution < -0.4 is 4.74 Å². The van der Waals surface area contributed by atoms with Gasteiger partial charge in [0.05, 0.1) is 40.2 Å². The van der Waals surface area contributed by atoms with Crippen molar-refractivity contribution in [2.24, 2.45) is 0 Å². The average Bonchev–Trinajstić information content (AvgIpc) is 2.93. The van der Waals surface area contributed by atoms with Crippen LogP contribution in [0.25, 0.3) is 22.3 Å². The summed E-state index contributed by atoms with van der Waals surface area (Å²) in [6.45, 7) is 0. The first-order valence-electron chi connectivity index (χ1n) is 11.2. The van der Waals surface area contributed by atoms with Crippen LogP contribution in [0.4, 0.5) is 20.2 Å². The Morgan fingerprint density at radius 2 is 1.17 bits per heavy atom. The number of carboxylic acids is 2. The number of aromatic carboxylic acids is 2. The van der Waals surface area contributed by atoms with Gasteiger partial charge in [-0.15, -0.1) is 0 Å². The molecule has 4 aromatic rings. The summed E-state index contributed by atoms with van der Waals surface area (Å²) in [6.07, 6.45) is 0. The number of phenols is 1. The van der Waals surface area contributed by atoms with Gasteiger partial charge in [0.25, 0.3) is 0 Å². The molecule has 0 saturated heterocycles. The SMILES string of the molecule is COc1c(-c2cccc(C(=O)O)c2)cc(F)cc1[N+](=O)[O-].O=C(O)c1cccc(-c2cc(F)cc([N+](=O)[O-])c2O)c1. The number of hydrogen-bond acceptors (Lipinski definition) is 8. The number of halogens is 2. The third kappa shape index (κ3) is 6.75. The number of carbonyl (C=O) groups is 2. The zero-order valence-corrected chi connectivity index (χ0v) is 20.8. The normalized spacial score (nSPS) is 10.2. The number of phenolic OH excluding ortho intramolecular Hbond substituents is 1. The zero-order valence-electron chi connectivity index (χ0n) is 20.8. The Bertz CT molecular complexity index is 1690. The maximum Gasteiger partial charge on any atom is 0.335 e. The van der Waals surface area contributed by atoms with E-state index in [1.165, 1.54) is 55.6 Å². The standard InChI is InChI=1S/C14H10FNO5.C13H8FNO5/c1-21-13-11(6-10(15)7-12(13)16(19)20)8-3-2-4-9(5-8)14(17)18;14-9-5-10(12(16)11(6-9)15(19)20)7-2-1-3-8(4-7)13(17)18/h2-7H,1H3,(H,17,18);1-6,16H,(H,17,18). The lowest BCUT2D eigenvalue weighted by Gasteiger charge is -2.10. The number of nitrogens with zero attached hydrogens (tertiary/aromatic N) is 2. The highest BCUT2D eigenvalue weighted by atomic mass is 19.1. The van der Waals surface area contributed by atoms with E-state index in [-0.39, 0.29) is 33.6 Å². The number of nitro benzene ring substituents is 2. The van der Waals surface area contributed by atoms with Crippen molar-refractivity contribution in [1.29, 1.82) is 0 Å². The quantitative estimate of drug-likeness (QED) is 0.178. The largest absolute Gasteiger partial charge is 0.502 e. The highest BCUT2D eigenvalue weighted by Crippen LogP contribution is 2.39. The molecule has 0 aromatic heterocycles. The molecular weight excluding hydrogens is 550 g/mol. The fourth-order valence-corrected chi connectivity index (χ4v) is 3.73. The molecule has 14 heteroatoms. The second-order valence-electron chi connectivity index (χ2n) is 8.11. The van der Waals surface area contributed by atoms with Gasteiger partial charge in [-0.1, -0.05) is 24.3 Å². The fourth-order valence-electron chi connectivity index (χ4n) is 3.73. The van der Waals surface area contributed by atoms with Gasteiger partial charge in [-0.25, -0.2) is 18.4 Å². The van der Waals surface area contributed by atoms with Crippen molar-refractivity contribution in [2.45, 2.75) is 0 Å². The molecule has 41 heavy (non-hydrogen) atoms. The Morgan fingerprint density at radius 1 is 0.732 bits per heavy atom. The van der Waals surface area contributed by atoms with Crippen LogP contribution in [-0.2, 0) is 0 Å². The highest BCUT2D eigenvalue weighted by Gasteiger charge is 2.23. The second-order valence-corrected chi connectivity index (χ2v) is 8.11. The van der Waals surface area contributed by atoms with Gasteiger partial charge in [-0.05, 0) is 47.5 Å². The van der Waals surface area contributed by atoms with E-state index in [0.717, 1.165) is 18.2 Å². The summed E-state index contributed by atoms with van der Waals surface area (Å²) in [4.78, 5) is 41.8. The molecular formula is C27H18F2N2O10. The first-order valence-corrected chi connectivity index (χ1v) is 11.2. The van der Waals surface area contributed by atoms with E-state index in [4.69, 9.17) is 14.9 Å². The van der Waals surface area contributed by atoms with Crippen LogP contribution in [0.1, 0.15) is 20.7 Å². The molecule has 0 spiro atoms. The van der Waals surface area contributed by atoms with Gasteiger partial charge in [0, 0.05) is 11.1 Å². The van der Waals surface area contributed by atoms with E-state index >= 15 is 0 Å². The van der Waals surface area contributed by atoms with Gasteiger partial charge in [0.2, 0.25) is 11.5 Å². The lowest BCUT2D eigenvalue weighted by Crippen LogP contribution is -1.99. The summed E-state index contributed by atoms with van der Waals surface area (Å²) in [6, 6.07) is 14.3. The van der Waals surface area contributed by atoms with Crippen molar-refractivity contribution in [3.8, 4) is 33.8 Å². The molecule has 0 aliphatic rings. The van der Waals surface area contributed by atoms with E-state index in [1.807, 2.05) is 0 Å². The van der Waals surface area contributed by atoms with Gasteiger partial charge in [0.1, 0.15) is 11.6 Å². The summed E-state index contributed by atoms with van der Waals surface area (Å²) in [5.41, 5.74) is -0.921. The van der Waals surface area contributed by atoms with Crippen LogP contribution >= 0.6 is 0 Å². The van der Waals surface area contributed by atoms with Gasteiger partial charge < -0.3 is 20.1 Å². The average molecular weight is 568 g/mol. The third-order valence-corrected chi connectivity index (χ3v) is 5.53. The smallest absolute Gasteiger partial charge is 0.335 e. The maximum absolute atomic E-state index is 13.6. The van der Waals surface area contributed by atoms with Gasteiger partial charge in [0.15, 0.2) is 0 Å². The number of hydrogen-bond donors (Lipinski definition) is 3. The minimum absolute atomic E-state index is 0.0125. The number of ether oxygens (including phenoxy) is 1. The monoisotopic (exact) mass is 568 g/mol. The summed E-state index contributed by atoms with van der Waals surface area (Å²) in [7, 11) is 1.23. The Kier molecular flexibility index (Phi) is 8.88. The number of methoxy groups -OCH3 is 1. The summed E-state index contributed by atoms with van der Waals surface area (Å²) >= 11 is 0. The molecule has 4 aromatic carbocycles. The molecule has 0 atom stereocenters. The zero-order chi connectivity index (χ0) is 30.4. The van der Waals surface area contributed by atoms with Crippen LogP contribution in [0.15, 0.2) is 72.8 Å². The lowest BCUT2D eigenvalue weighted by molar-refractivity contribution is -0.386. The molecule has 0 fully saturated rings. The Labute approximate surface area is 228 Å². The first kappa shape index (κ1) is 29.6. The molecule has 0 aliphatic carbocycles. The first-order chi connectivity index (χ1) is 19.3. The van der Waals surface area contributed by atoms with Crippen molar-refractivity contribution < 1.29 is 48.3 Å². The van der Waals surface area contributed by atoms with Crippen molar-refractivity contribution in [1.82, 2.24) is 0 Å². The van der Waals surface area contributed by atoms with E-state index in [9.17, 15) is 43.7 Å². The Hall–Kier alpha value is -5.92. The van der Waals surface area contributed by atoms with Gasteiger partial charge in [-0.2, -0.15) is 0 Å². The highest BCUT2D eigenvalue weighted by molar-refractivity contribution is 5.91. The minimum atomic E-state index is -1.20. The van der Waals surface area contributed by atoms with Crippen molar-refractivity contribution in [2.75, 3.05) is 7.11 Å². The van der Waals surface area contributed by atoms with E-state index < -0.39 is 50.5 Å². The minimum Gasteiger partial charge on any atom is -0.502 e. The second kappa shape index (κ2) is 12.3. The predicted octanol–water partition coefficient (Wildman–Crippen LogP) is 5.91. The molecule has 0 radical (unpaired) electrons. The fraction of sp³-hybridized carbons (Fsp3) is 0.0370. The summed E-state index contributed by atoms with van der Waals surface area (Å²) in [5, 5.41) is 49.3. The van der Waals surface area contributed by atoms with Crippen LogP contribution in [0, 0.1) is 31.9 Å². The van der Waals surface area contributed by atoms with E-state index in [2.05, 4.69) is 0 Å². The number of carboxylic acid groups (broad SMARTS) is 2. The molecule has 4 rings (SSSR count). The molecule has 3 N–H and O–H groups in total. The van der Waals surface area contributed by atoms with Crippen molar-refractivity contribution >= 4 is 23.3 Å². The maximum atomic E-state index is 13.6. The number of rotatable bonds is 7. The van der Waals surface area contributed by atoms with Crippen molar-refractivity contribution in [3.63, 3.8) is 0 Å².